The average molecular weight is 326 g/mol. The van der Waals surface area contributed by atoms with Crippen molar-refractivity contribution in [2.24, 2.45) is 5.41 Å². The summed E-state index contributed by atoms with van der Waals surface area (Å²) in [5.74, 6) is 0.611. The molecule has 2 aliphatic rings. The molecule has 126 valence electrons. The molecule has 1 amide bonds. The van der Waals surface area contributed by atoms with E-state index in [-0.39, 0.29) is 11.3 Å². The Kier molecular flexibility index (Phi) is 3.88. The average Bonchev–Trinajstić information content (AvgIpc) is 3.22. The molecule has 1 unspecified atom stereocenters. The largest absolute Gasteiger partial charge is 0.381 e. The van der Waals surface area contributed by atoms with Crippen LogP contribution in [0.3, 0.4) is 0 Å². The van der Waals surface area contributed by atoms with Gasteiger partial charge in [0, 0.05) is 30.7 Å². The highest BCUT2D eigenvalue weighted by Crippen LogP contribution is 2.38. The monoisotopic (exact) mass is 326 g/mol. The van der Waals surface area contributed by atoms with Crippen molar-refractivity contribution in [3.8, 4) is 11.3 Å². The van der Waals surface area contributed by atoms with Gasteiger partial charge >= 0.3 is 0 Å². The number of nitrogens with zero attached hydrogens (tertiary/aromatic N) is 2. The number of aryl methyl sites for hydroxylation is 1. The number of ether oxygens (including phenoxy) is 1. The maximum atomic E-state index is 13.2. The number of carbonyl (C=O) groups is 1. The summed E-state index contributed by atoms with van der Waals surface area (Å²) in [6.07, 6.45) is 3.22. The van der Waals surface area contributed by atoms with Crippen molar-refractivity contribution < 1.29 is 14.1 Å². The van der Waals surface area contributed by atoms with E-state index in [1.807, 2.05) is 42.2 Å². The third-order valence-electron chi connectivity index (χ3n) is 5.26. The Labute approximate surface area is 141 Å². The Morgan fingerprint density at radius 2 is 2.08 bits per heavy atom. The number of aromatic nitrogens is 1. The molecule has 1 aromatic heterocycles. The van der Waals surface area contributed by atoms with Crippen LogP contribution in [0.5, 0.6) is 0 Å². The molecule has 0 saturated carbocycles. The standard InChI is InChI=1S/C19H22N2O3/c1-14-16(17(20-24-14)15-6-3-2-4-7-15)18(22)21-10-5-8-19(12-21)9-11-23-13-19/h2-4,6-7H,5,8-13H2,1H3. The number of carbonyl (C=O) groups excluding carboxylic acids is 1. The Balaban J connectivity index is 1.64. The normalized spacial score (nSPS) is 23.8. The number of hydrogen-bond donors (Lipinski definition) is 0. The summed E-state index contributed by atoms with van der Waals surface area (Å²) in [5.41, 5.74) is 2.29. The first kappa shape index (κ1) is 15.4. The third-order valence-corrected chi connectivity index (χ3v) is 5.26. The number of piperidine rings is 1. The van der Waals surface area contributed by atoms with Gasteiger partial charge in [-0.05, 0) is 26.2 Å². The van der Waals surface area contributed by atoms with Gasteiger partial charge in [-0.2, -0.15) is 0 Å². The van der Waals surface area contributed by atoms with E-state index < -0.39 is 0 Å². The van der Waals surface area contributed by atoms with E-state index in [9.17, 15) is 4.79 Å². The molecule has 0 radical (unpaired) electrons. The highest BCUT2D eigenvalue weighted by molar-refractivity contribution is 6.00. The summed E-state index contributed by atoms with van der Waals surface area (Å²) in [4.78, 5) is 15.2. The van der Waals surface area contributed by atoms with Crippen LogP contribution in [-0.4, -0.2) is 42.3 Å². The van der Waals surface area contributed by atoms with Crippen LogP contribution < -0.4 is 0 Å². The van der Waals surface area contributed by atoms with Crippen molar-refractivity contribution in [3.63, 3.8) is 0 Å². The fourth-order valence-electron chi connectivity index (χ4n) is 3.93. The van der Waals surface area contributed by atoms with E-state index >= 15 is 0 Å². The van der Waals surface area contributed by atoms with Gasteiger partial charge in [-0.15, -0.1) is 0 Å². The quantitative estimate of drug-likeness (QED) is 0.850. The lowest BCUT2D eigenvalue weighted by molar-refractivity contribution is 0.0462. The lowest BCUT2D eigenvalue weighted by atomic mass is 9.79. The van der Waals surface area contributed by atoms with Crippen LogP contribution in [0, 0.1) is 12.3 Å². The van der Waals surface area contributed by atoms with Gasteiger partial charge in [0.05, 0.1) is 6.61 Å². The van der Waals surface area contributed by atoms with Crippen molar-refractivity contribution in [1.82, 2.24) is 10.1 Å². The zero-order chi connectivity index (χ0) is 16.6. The lowest BCUT2D eigenvalue weighted by Gasteiger charge is -2.39. The van der Waals surface area contributed by atoms with Crippen LogP contribution in [-0.2, 0) is 4.74 Å². The number of rotatable bonds is 2. The van der Waals surface area contributed by atoms with Crippen LogP contribution in [0.4, 0.5) is 0 Å². The molecule has 4 rings (SSSR count). The van der Waals surface area contributed by atoms with Crippen LogP contribution in [0.2, 0.25) is 0 Å². The molecule has 2 aliphatic heterocycles. The van der Waals surface area contributed by atoms with Crippen molar-refractivity contribution in [2.45, 2.75) is 26.2 Å². The summed E-state index contributed by atoms with van der Waals surface area (Å²) in [5, 5.41) is 4.14. The van der Waals surface area contributed by atoms with Gasteiger partial charge in [-0.3, -0.25) is 4.79 Å². The molecule has 24 heavy (non-hydrogen) atoms. The summed E-state index contributed by atoms with van der Waals surface area (Å²) in [7, 11) is 0. The van der Waals surface area contributed by atoms with Gasteiger partial charge in [-0.25, -0.2) is 0 Å². The summed E-state index contributed by atoms with van der Waals surface area (Å²) >= 11 is 0. The zero-order valence-corrected chi connectivity index (χ0v) is 14.0. The second-order valence-electron chi connectivity index (χ2n) is 6.96. The molecule has 0 aliphatic carbocycles. The smallest absolute Gasteiger partial charge is 0.259 e. The molecular weight excluding hydrogens is 304 g/mol. The van der Waals surface area contributed by atoms with Crippen LogP contribution in [0.1, 0.15) is 35.4 Å². The summed E-state index contributed by atoms with van der Waals surface area (Å²) in [6.45, 7) is 4.95. The van der Waals surface area contributed by atoms with Crippen LogP contribution in [0.25, 0.3) is 11.3 Å². The molecule has 2 fully saturated rings. The Hall–Kier alpha value is -2.14. The van der Waals surface area contributed by atoms with Gasteiger partial charge < -0.3 is 14.2 Å². The van der Waals surface area contributed by atoms with E-state index in [2.05, 4.69) is 5.16 Å². The number of benzene rings is 1. The Bertz CT molecular complexity index is 732. The molecule has 2 aromatic rings. The predicted molar refractivity (Wildman–Crippen MR) is 89.7 cm³/mol. The highest BCUT2D eigenvalue weighted by atomic mass is 16.5. The summed E-state index contributed by atoms with van der Waals surface area (Å²) in [6, 6.07) is 9.75. The van der Waals surface area contributed by atoms with E-state index in [4.69, 9.17) is 9.26 Å². The van der Waals surface area contributed by atoms with Gasteiger partial charge in [0.25, 0.3) is 5.91 Å². The van der Waals surface area contributed by atoms with Crippen molar-refractivity contribution >= 4 is 5.91 Å². The molecule has 1 spiro atoms. The van der Waals surface area contributed by atoms with Crippen LogP contribution in [0.15, 0.2) is 34.9 Å². The SMILES string of the molecule is Cc1onc(-c2ccccc2)c1C(=O)N1CCCC2(CCOC2)C1. The van der Waals surface area contributed by atoms with E-state index in [1.165, 1.54) is 0 Å². The number of amides is 1. The zero-order valence-electron chi connectivity index (χ0n) is 14.0. The third kappa shape index (κ3) is 2.63. The molecule has 5 heteroatoms. The molecule has 0 N–H and O–H groups in total. The van der Waals surface area contributed by atoms with Crippen molar-refractivity contribution in [2.75, 3.05) is 26.3 Å². The molecule has 1 atom stereocenters. The molecule has 3 heterocycles. The minimum absolute atomic E-state index is 0.0265. The predicted octanol–water partition coefficient (Wildman–Crippen LogP) is 3.29. The first-order chi connectivity index (χ1) is 11.7. The van der Waals surface area contributed by atoms with Crippen LogP contribution >= 0.6 is 0 Å². The fourth-order valence-corrected chi connectivity index (χ4v) is 3.93. The van der Waals surface area contributed by atoms with Gasteiger partial charge in [0.1, 0.15) is 17.0 Å². The van der Waals surface area contributed by atoms with Crippen molar-refractivity contribution in [3.05, 3.63) is 41.7 Å². The molecule has 5 nitrogen and oxygen atoms in total. The van der Waals surface area contributed by atoms with E-state index in [0.29, 0.717) is 17.0 Å². The van der Waals surface area contributed by atoms with Crippen molar-refractivity contribution in [1.29, 1.82) is 0 Å². The topological polar surface area (TPSA) is 55.6 Å². The molecule has 1 aromatic carbocycles. The Morgan fingerprint density at radius 3 is 2.83 bits per heavy atom. The van der Waals surface area contributed by atoms with E-state index in [1.54, 1.807) is 0 Å². The minimum atomic E-state index is 0.0265. The Morgan fingerprint density at radius 1 is 1.25 bits per heavy atom. The maximum absolute atomic E-state index is 13.2. The lowest BCUT2D eigenvalue weighted by Crippen LogP contribution is -2.46. The first-order valence-electron chi connectivity index (χ1n) is 8.57. The molecule has 2 saturated heterocycles. The number of hydrogen-bond acceptors (Lipinski definition) is 4. The molecular formula is C19H22N2O3. The first-order valence-corrected chi connectivity index (χ1v) is 8.57. The highest BCUT2D eigenvalue weighted by Gasteiger charge is 2.41. The van der Waals surface area contributed by atoms with Gasteiger partial charge in [0.2, 0.25) is 0 Å². The van der Waals surface area contributed by atoms with Gasteiger partial charge in [-0.1, -0.05) is 35.5 Å². The summed E-state index contributed by atoms with van der Waals surface area (Å²) < 4.78 is 11.0. The van der Waals surface area contributed by atoms with Gasteiger partial charge in [0.15, 0.2) is 0 Å². The number of likely N-dealkylation sites (tertiary alicyclic amines) is 1. The second-order valence-corrected chi connectivity index (χ2v) is 6.96. The minimum Gasteiger partial charge on any atom is -0.381 e. The van der Waals surface area contributed by atoms with E-state index in [0.717, 1.165) is 51.1 Å². The molecule has 0 bridgehead atoms. The second kappa shape index (κ2) is 6.06. The fraction of sp³-hybridized carbons (Fsp3) is 0.474. The maximum Gasteiger partial charge on any atom is 0.259 e.